The van der Waals surface area contributed by atoms with E-state index in [9.17, 15) is 77.3 Å². The van der Waals surface area contributed by atoms with Crippen molar-refractivity contribution in [3.8, 4) is 0 Å². The van der Waals surface area contributed by atoms with Gasteiger partial charge in [0.15, 0.2) is 37.6 Å². The molecule has 8 heterocycles. The minimum atomic E-state index is -0.612. The van der Waals surface area contributed by atoms with Gasteiger partial charge in [-0.15, -0.1) is 0 Å². The molecule has 24 atom stereocenters. The third-order valence-electron chi connectivity index (χ3n) is 34.6. The first-order chi connectivity index (χ1) is 65.4. The van der Waals surface area contributed by atoms with E-state index in [1.807, 2.05) is 76.2 Å². The molecule has 0 spiro atoms. The van der Waals surface area contributed by atoms with Crippen molar-refractivity contribution in [2.75, 3.05) is 26.4 Å². The van der Waals surface area contributed by atoms with E-state index in [2.05, 4.69) is 33.2 Å². The summed E-state index contributed by atoms with van der Waals surface area (Å²) >= 11 is 0. The van der Waals surface area contributed by atoms with Gasteiger partial charge in [0.2, 0.25) is 0 Å². The van der Waals surface area contributed by atoms with Crippen molar-refractivity contribution in [3.05, 3.63) is 48.6 Å². The van der Waals surface area contributed by atoms with Crippen molar-refractivity contribution in [1.29, 1.82) is 0 Å². The molecule has 32 heteroatoms. The van der Waals surface area contributed by atoms with E-state index in [4.69, 9.17) is 75.8 Å². The van der Waals surface area contributed by atoms with E-state index >= 15 is 0 Å². The molecule has 780 valence electrons. The Morgan fingerprint density at radius 1 is 0.379 bits per heavy atom. The molecular weight excluding hydrogens is 1810 g/mol. The second-order valence-electron chi connectivity index (χ2n) is 47.8. The van der Waals surface area contributed by atoms with Gasteiger partial charge in [0.25, 0.3) is 0 Å². The Labute approximate surface area is 824 Å². The van der Waals surface area contributed by atoms with Crippen LogP contribution in [0.4, 0.5) is 0 Å². The molecule has 22 rings (SSSR count). The van der Waals surface area contributed by atoms with Crippen LogP contribution in [0.5, 0.6) is 0 Å². The lowest BCUT2D eigenvalue weighted by atomic mass is 9.52. The largest absolute Gasteiger partial charge is 0.465 e. The van der Waals surface area contributed by atoms with Gasteiger partial charge in [-0.2, -0.15) is 0 Å². The van der Waals surface area contributed by atoms with E-state index in [1.165, 1.54) is 45.4 Å². The van der Waals surface area contributed by atoms with Crippen LogP contribution in [0.15, 0.2) is 48.6 Å². The molecular formula is C108H156O32. The average Bonchev–Trinajstić information content (AvgIpc) is 1.51. The quantitative estimate of drug-likeness (QED) is 0.0515. The van der Waals surface area contributed by atoms with E-state index in [0.717, 1.165) is 116 Å². The number of carbonyl (C=O) groups excluding carboxylic acids is 14. The summed E-state index contributed by atoms with van der Waals surface area (Å²) in [5.74, 6) is -1.11. The third-order valence-corrected chi connectivity index (χ3v) is 34.6. The van der Waals surface area contributed by atoms with Crippen molar-refractivity contribution in [1.82, 2.24) is 0 Å². The van der Waals surface area contributed by atoms with Crippen molar-refractivity contribution in [2.24, 2.45) is 105 Å². The fourth-order valence-electron chi connectivity index (χ4n) is 25.9. The normalized spacial score (nSPS) is 36.9. The lowest BCUT2D eigenvalue weighted by molar-refractivity contribution is -0.225. The highest BCUT2D eigenvalue weighted by molar-refractivity contribution is 5.90. The van der Waals surface area contributed by atoms with Crippen LogP contribution in [0.1, 0.15) is 317 Å². The lowest BCUT2D eigenvalue weighted by Crippen LogP contribution is -2.61. The molecule has 0 aromatic carbocycles. The topological polar surface area (TPSA) is 427 Å². The molecule has 8 saturated heterocycles. The molecule has 16 bridgehead atoms. The zero-order valence-electron chi connectivity index (χ0n) is 85.9. The SMILES string of the molecule is C=C(C)C(=O)OC1(C)CCCC1.C=C(C)C(=O)OC12CC3CC(CC(O)(C3)C1)C2.C=C(C)C(=O)OC1C2CC3C(=O)OC1C3O2.C=C(C)C(=O)OCC(=O)OC1CC2CC1C1C(=O)OCC21.CCC(C)(C)C(=O)OC1(C)CCCC1.CCC(C)(C)C(=O)OC12CC3CC(CC(O)(C3)C1)C2.CCC(C)(C)C(=O)OC1C2CC3C(=O)OC1C3O2.CCC(C)(C)C(=O)OCC(=O)OC1CC2CC1C1C(=O)OCC21. The van der Waals surface area contributed by atoms with Gasteiger partial charge in [-0.25, -0.2) is 28.8 Å². The molecule has 24 unspecified atom stereocenters. The van der Waals surface area contributed by atoms with E-state index in [1.54, 1.807) is 34.6 Å². The Morgan fingerprint density at radius 2 is 0.729 bits per heavy atom. The standard InChI is InChI=1S/C17H24O6.C16H26O3.C15H18O6.C14H20O3.C13H18O5.C12H22O2.C11H12O5.C10H16O2/c1-4-17(2,3)16(20)22-8-13(18)23-12-6-9-5-10(12)14-11(9)7-21-15(14)19;1-4-14(2,3)13(17)19-16-8-11-5-12(9-16)7-15(18,6-11)10-16;1-7(2)14(17)20-6-12(16)21-11-4-8-3-9(11)13-10(8)5-19-15(13)18;1-9(2)12(15)17-14-6-10-3-11(7-14)5-13(16,4-10)8-14;1-4-13(2,3)12(15)18-9-7-5-6-8(16-7)10(9)17-11(6)14;1-5-11(2,3)10(13)14-12(4)8-6-7-9-12;1-4(2)10(12)15-8-6-3-5-7(14-6)9(8)16-11(5)13;1-8(2)9(11)12-10(3)6-4-5-7-10/h9-12,14H,4-8H2,1-3H3;11-12,18H,4-10H2,1-3H3;8-11,13H,1,3-6H2,2H3;10-11,16H,1,3-8H2,2H3;6-10H,4-5H2,1-3H3;5-9H2,1-4H3;5-9H,1,3H2,2H3;1,4-7H2,2-3H3. The van der Waals surface area contributed by atoms with Gasteiger partial charge < -0.3 is 86.0 Å². The molecule has 14 aliphatic carbocycles. The molecule has 0 amide bonds. The van der Waals surface area contributed by atoms with Gasteiger partial charge in [-0.3, -0.25) is 38.4 Å². The van der Waals surface area contributed by atoms with Crippen LogP contribution in [0.2, 0.25) is 0 Å². The van der Waals surface area contributed by atoms with Crippen molar-refractivity contribution >= 4 is 83.6 Å². The summed E-state index contributed by atoms with van der Waals surface area (Å²) < 4.78 is 85.9. The van der Waals surface area contributed by atoms with E-state index < -0.39 is 93.9 Å². The predicted octanol–water partition coefficient (Wildman–Crippen LogP) is 14.8. The van der Waals surface area contributed by atoms with E-state index in [-0.39, 0.29) is 160 Å². The fraction of sp³-hybridized carbons (Fsp3) is 0.796. The Bertz CT molecular complexity index is 4710. The molecule has 0 aromatic heterocycles. The summed E-state index contributed by atoms with van der Waals surface area (Å²) in [6, 6.07) is 0. The first kappa shape index (κ1) is 109. The summed E-state index contributed by atoms with van der Waals surface area (Å²) in [5.41, 5.74) is -2.61. The van der Waals surface area contributed by atoms with Crippen LogP contribution in [-0.4, -0.2) is 215 Å². The van der Waals surface area contributed by atoms with Gasteiger partial charge in [0, 0.05) is 58.8 Å². The number of hydrogen-bond donors (Lipinski definition) is 2. The Kier molecular flexibility index (Phi) is 32.8. The zero-order chi connectivity index (χ0) is 103. The number of rotatable bonds is 24. The van der Waals surface area contributed by atoms with Crippen LogP contribution in [0.3, 0.4) is 0 Å². The van der Waals surface area contributed by atoms with Crippen molar-refractivity contribution < 1.29 is 153 Å². The molecule has 2 N–H and O–H groups in total. The maximum absolute atomic E-state index is 12.4. The number of fused-ring (bicyclic) bond motifs is 12. The van der Waals surface area contributed by atoms with E-state index in [0.29, 0.717) is 116 Å². The monoisotopic (exact) mass is 1970 g/mol. The van der Waals surface area contributed by atoms with Crippen LogP contribution >= 0.6 is 0 Å². The number of hydrogen-bond acceptors (Lipinski definition) is 32. The molecule has 0 radical (unpaired) electrons. The summed E-state index contributed by atoms with van der Waals surface area (Å²) in [7, 11) is 0. The maximum atomic E-state index is 12.4. The maximum Gasteiger partial charge on any atom is 0.344 e. The van der Waals surface area contributed by atoms with Crippen molar-refractivity contribution in [3.63, 3.8) is 0 Å². The first-order valence-corrected chi connectivity index (χ1v) is 51.6. The highest BCUT2D eigenvalue weighted by Crippen LogP contribution is 2.63. The number of ether oxygens (including phenoxy) is 16. The van der Waals surface area contributed by atoms with Crippen LogP contribution in [-0.2, 0) is 143 Å². The predicted molar refractivity (Wildman–Crippen MR) is 501 cm³/mol. The first-order valence-electron chi connectivity index (χ1n) is 51.6. The number of aliphatic hydroxyl groups is 2. The molecule has 22 fully saturated rings. The molecule has 14 saturated carbocycles. The molecule has 140 heavy (non-hydrogen) atoms. The summed E-state index contributed by atoms with van der Waals surface area (Å²) in [6.07, 6.45) is 24.5. The van der Waals surface area contributed by atoms with Gasteiger partial charge in [-0.1, -0.05) is 54.0 Å². The average molecular weight is 1970 g/mol. The lowest BCUT2D eigenvalue weighted by Gasteiger charge is -2.59. The third kappa shape index (κ3) is 24.1. The van der Waals surface area contributed by atoms with Crippen LogP contribution in [0.25, 0.3) is 0 Å². The summed E-state index contributed by atoms with van der Waals surface area (Å²) in [4.78, 5) is 164. The number of carbonyl (C=O) groups is 14. The van der Waals surface area contributed by atoms with Gasteiger partial charge in [0.05, 0.1) is 82.0 Å². The summed E-state index contributed by atoms with van der Waals surface area (Å²) in [5, 5.41) is 21.2. The molecule has 0 aromatic rings. The van der Waals surface area contributed by atoms with Gasteiger partial charge in [-0.05, 0) is 312 Å². The number of esters is 14. The number of cyclic esters (lactones) is 2. The highest BCUT2D eigenvalue weighted by Gasteiger charge is 2.69. The second kappa shape index (κ2) is 42.2. The minimum Gasteiger partial charge on any atom is -0.465 e. The minimum absolute atomic E-state index is 0.0376. The van der Waals surface area contributed by atoms with Crippen LogP contribution < -0.4 is 0 Å². The van der Waals surface area contributed by atoms with Crippen molar-refractivity contribution in [2.45, 2.75) is 412 Å². The zero-order valence-corrected chi connectivity index (χ0v) is 85.9. The molecule has 32 nitrogen and oxygen atoms in total. The highest BCUT2D eigenvalue weighted by atomic mass is 16.7. The second-order valence-corrected chi connectivity index (χ2v) is 47.8. The Morgan fingerprint density at radius 3 is 1.11 bits per heavy atom. The Balaban J connectivity index is 0.000000136. The summed E-state index contributed by atoms with van der Waals surface area (Å²) in [6.45, 7) is 47.8. The van der Waals surface area contributed by atoms with Gasteiger partial charge >= 0.3 is 83.6 Å². The molecule has 8 aliphatic heterocycles. The molecule has 22 aliphatic rings. The van der Waals surface area contributed by atoms with Gasteiger partial charge in [0.1, 0.15) is 46.8 Å². The Hall–Kier alpha value is -8.62. The smallest absolute Gasteiger partial charge is 0.344 e. The van der Waals surface area contributed by atoms with Crippen LogP contribution in [0, 0.1) is 105 Å². The fourth-order valence-corrected chi connectivity index (χ4v) is 25.9.